The summed E-state index contributed by atoms with van der Waals surface area (Å²) < 4.78 is 21.4. The lowest BCUT2D eigenvalue weighted by atomic mass is 10.1. The molecule has 0 aliphatic carbocycles. The highest BCUT2D eigenvalue weighted by Crippen LogP contribution is 2.31. The molecule has 3 aromatic rings. The summed E-state index contributed by atoms with van der Waals surface area (Å²) in [7, 11) is 1.56. The summed E-state index contributed by atoms with van der Waals surface area (Å²) in [6.07, 6.45) is 0. The third kappa shape index (κ3) is 5.20. The Kier molecular flexibility index (Phi) is 6.61. The number of hydrogen-bond donors (Lipinski definition) is 1. The van der Waals surface area contributed by atoms with Gasteiger partial charge < -0.3 is 23.9 Å². The quantitative estimate of drug-likeness (QED) is 0.447. The van der Waals surface area contributed by atoms with E-state index in [0.717, 1.165) is 5.56 Å². The fourth-order valence-electron chi connectivity index (χ4n) is 2.71. The van der Waals surface area contributed by atoms with Crippen LogP contribution >= 0.6 is 11.6 Å². The molecule has 1 N–H and O–H groups in total. The van der Waals surface area contributed by atoms with E-state index in [2.05, 4.69) is 5.32 Å². The standard InChI is InChI=1S/C21H20ClNO6/c1-13-9-21(25)29-18-11-19(15(22)10-14(13)18)28-12-20(24)23-7-8-27-17-6-4-3-5-16(17)26-2/h3-6,9-11H,7-8,12H2,1-2H3,(H,23,24). The summed E-state index contributed by atoms with van der Waals surface area (Å²) in [5.41, 5.74) is 0.633. The van der Waals surface area contributed by atoms with E-state index < -0.39 is 5.63 Å². The van der Waals surface area contributed by atoms with Crippen LogP contribution in [0, 0.1) is 6.92 Å². The maximum Gasteiger partial charge on any atom is 0.336 e. The third-order valence-corrected chi connectivity index (χ3v) is 4.41. The number of nitrogens with one attached hydrogen (secondary N) is 1. The van der Waals surface area contributed by atoms with Gasteiger partial charge in [-0.05, 0) is 30.7 Å². The van der Waals surface area contributed by atoms with Gasteiger partial charge in [0.15, 0.2) is 18.1 Å². The summed E-state index contributed by atoms with van der Waals surface area (Å²) >= 11 is 6.21. The van der Waals surface area contributed by atoms with Crippen molar-refractivity contribution >= 4 is 28.5 Å². The van der Waals surface area contributed by atoms with Crippen molar-refractivity contribution in [2.45, 2.75) is 6.92 Å². The van der Waals surface area contributed by atoms with E-state index in [1.807, 2.05) is 12.1 Å². The zero-order valence-electron chi connectivity index (χ0n) is 16.0. The van der Waals surface area contributed by atoms with Gasteiger partial charge in [0, 0.05) is 17.5 Å². The number of fused-ring (bicyclic) bond motifs is 1. The molecule has 0 atom stereocenters. The highest BCUT2D eigenvalue weighted by molar-refractivity contribution is 6.32. The van der Waals surface area contributed by atoms with Crippen LogP contribution in [-0.4, -0.2) is 32.8 Å². The van der Waals surface area contributed by atoms with Gasteiger partial charge in [0.2, 0.25) is 0 Å². The molecule has 0 spiro atoms. The topological polar surface area (TPSA) is 87.0 Å². The van der Waals surface area contributed by atoms with Crippen LogP contribution in [0.1, 0.15) is 5.56 Å². The normalized spacial score (nSPS) is 10.6. The average molecular weight is 418 g/mol. The molecule has 0 aliphatic heterocycles. The van der Waals surface area contributed by atoms with Crippen molar-refractivity contribution in [2.24, 2.45) is 0 Å². The summed E-state index contributed by atoms with van der Waals surface area (Å²) in [5, 5.41) is 3.72. The first-order chi connectivity index (χ1) is 14.0. The van der Waals surface area contributed by atoms with Crippen molar-refractivity contribution in [3.05, 3.63) is 63.5 Å². The Bertz CT molecular complexity index is 1080. The van der Waals surface area contributed by atoms with Crippen molar-refractivity contribution in [2.75, 3.05) is 26.9 Å². The minimum absolute atomic E-state index is 0.240. The number of carbonyl (C=O) groups is 1. The maximum absolute atomic E-state index is 12.0. The second kappa shape index (κ2) is 9.34. The Balaban J connectivity index is 1.51. The Hall–Kier alpha value is -3.19. The van der Waals surface area contributed by atoms with Crippen molar-refractivity contribution < 1.29 is 23.4 Å². The molecule has 0 saturated heterocycles. The summed E-state index contributed by atoms with van der Waals surface area (Å²) in [6.45, 7) is 2.11. The van der Waals surface area contributed by atoms with Gasteiger partial charge in [-0.2, -0.15) is 0 Å². The summed E-state index contributed by atoms with van der Waals surface area (Å²) in [5.74, 6) is 1.14. The molecule has 7 nitrogen and oxygen atoms in total. The molecule has 1 amide bonds. The number of carbonyl (C=O) groups excluding carboxylic acids is 1. The first-order valence-corrected chi connectivity index (χ1v) is 9.25. The van der Waals surface area contributed by atoms with Crippen LogP contribution in [0.4, 0.5) is 0 Å². The third-order valence-electron chi connectivity index (χ3n) is 4.11. The molecule has 1 aromatic heterocycles. The minimum Gasteiger partial charge on any atom is -0.493 e. The van der Waals surface area contributed by atoms with Gasteiger partial charge in [0.25, 0.3) is 5.91 Å². The van der Waals surface area contributed by atoms with Crippen molar-refractivity contribution in [3.63, 3.8) is 0 Å². The highest BCUT2D eigenvalue weighted by atomic mass is 35.5. The smallest absolute Gasteiger partial charge is 0.336 e. The van der Waals surface area contributed by atoms with E-state index in [1.165, 1.54) is 12.1 Å². The number of rotatable bonds is 8. The molecule has 0 aliphatic rings. The number of aryl methyl sites for hydroxylation is 1. The molecular weight excluding hydrogens is 398 g/mol. The lowest BCUT2D eigenvalue weighted by Crippen LogP contribution is -2.32. The molecule has 0 radical (unpaired) electrons. The number of amides is 1. The molecule has 3 rings (SSSR count). The van der Waals surface area contributed by atoms with Crippen LogP contribution in [0.15, 0.2) is 51.7 Å². The van der Waals surface area contributed by atoms with E-state index >= 15 is 0 Å². The molecule has 29 heavy (non-hydrogen) atoms. The van der Waals surface area contributed by atoms with Gasteiger partial charge in [0.1, 0.15) is 17.9 Å². The van der Waals surface area contributed by atoms with Crippen LogP contribution in [0.25, 0.3) is 11.0 Å². The Labute approximate surface area is 172 Å². The van der Waals surface area contributed by atoms with Gasteiger partial charge in [-0.3, -0.25) is 4.79 Å². The number of ether oxygens (including phenoxy) is 3. The first kappa shape index (κ1) is 20.5. The van der Waals surface area contributed by atoms with Crippen LogP contribution in [0.2, 0.25) is 5.02 Å². The van der Waals surface area contributed by atoms with Crippen molar-refractivity contribution in [1.82, 2.24) is 5.32 Å². The number of methoxy groups -OCH3 is 1. The van der Waals surface area contributed by atoms with E-state index in [-0.39, 0.29) is 24.9 Å². The minimum atomic E-state index is -0.462. The lowest BCUT2D eigenvalue weighted by Gasteiger charge is -2.12. The molecule has 2 aromatic carbocycles. The zero-order chi connectivity index (χ0) is 20.8. The molecule has 152 valence electrons. The Morgan fingerprint density at radius 3 is 2.62 bits per heavy atom. The van der Waals surface area contributed by atoms with Gasteiger partial charge in [0.05, 0.1) is 18.7 Å². The zero-order valence-corrected chi connectivity index (χ0v) is 16.7. The molecule has 0 saturated carbocycles. The maximum atomic E-state index is 12.0. The Morgan fingerprint density at radius 2 is 1.86 bits per heavy atom. The highest BCUT2D eigenvalue weighted by Gasteiger charge is 2.11. The molecule has 0 fully saturated rings. The van der Waals surface area contributed by atoms with Crippen LogP contribution in [0.3, 0.4) is 0 Å². The largest absolute Gasteiger partial charge is 0.493 e. The molecule has 0 unspecified atom stereocenters. The molecular formula is C21H20ClNO6. The molecule has 0 bridgehead atoms. The lowest BCUT2D eigenvalue weighted by molar-refractivity contribution is -0.123. The van der Waals surface area contributed by atoms with Crippen LogP contribution in [0.5, 0.6) is 17.2 Å². The van der Waals surface area contributed by atoms with Crippen LogP contribution < -0.4 is 25.2 Å². The summed E-state index contributed by atoms with van der Waals surface area (Å²) in [4.78, 5) is 23.5. The SMILES string of the molecule is COc1ccccc1OCCNC(=O)COc1cc2oc(=O)cc(C)c2cc1Cl. The number of halogens is 1. The molecule has 1 heterocycles. The van der Waals surface area contributed by atoms with Gasteiger partial charge in [-0.25, -0.2) is 4.79 Å². The van der Waals surface area contributed by atoms with Crippen molar-refractivity contribution in [3.8, 4) is 17.2 Å². The fraction of sp³-hybridized carbons (Fsp3) is 0.238. The number of benzene rings is 2. The van der Waals surface area contributed by atoms with E-state index in [1.54, 1.807) is 32.2 Å². The Morgan fingerprint density at radius 1 is 1.10 bits per heavy atom. The second-order valence-electron chi connectivity index (χ2n) is 6.17. The van der Waals surface area contributed by atoms with Crippen LogP contribution in [-0.2, 0) is 4.79 Å². The van der Waals surface area contributed by atoms with Gasteiger partial charge in [-0.1, -0.05) is 23.7 Å². The van der Waals surface area contributed by atoms with E-state index in [4.69, 9.17) is 30.2 Å². The second-order valence-corrected chi connectivity index (χ2v) is 6.57. The summed E-state index contributed by atoms with van der Waals surface area (Å²) in [6, 6.07) is 11.8. The van der Waals surface area contributed by atoms with Gasteiger partial charge in [-0.15, -0.1) is 0 Å². The predicted octanol–water partition coefficient (Wildman–Crippen LogP) is 3.34. The first-order valence-electron chi connectivity index (χ1n) is 8.87. The molecule has 8 heteroatoms. The van der Waals surface area contributed by atoms with E-state index in [0.29, 0.717) is 34.0 Å². The van der Waals surface area contributed by atoms with Crippen molar-refractivity contribution in [1.29, 1.82) is 0 Å². The number of para-hydroxylation sites is 2. The fourth-order valence-corrected chi connectivity index (χ4v) is 2.93. The van der Waals surface area contributed by atoms with E-state index in [9.17, 15) is 9.59 Å². The predicted molar refractivity (Wildman–Crippen MR) is 109 cm³/mol. The van der Waals surface area contributed by atoms with Gasteiger partial charge >= 0.3 is 5.63 Å². The monoisotopic (exact) mass is 417 g/mol. The average Bonchev–Trinajstić information content (AvgIpc) is 2.70. The number of hydrogen-bond acceptors (Lipinski definition) is 6.